The van der Waals surface area contributed by atoms with Gasteiger partial charge in [0, 0.05) is 11.1 Å². The first-order chi connectivity index (χ1) is 10.5. The number of ketones is 1. The second-order valence-electron chi connectivity index (χ2n) is 6.73. The van der Waals surface area contributed by atoms with Crippen LogP contribution in [0.1, 0.15) is 41.9 Å². The van der Waals surface area contributed by atoms with Crippen LogP contribution < -0.4 is 5.56 Å². The summed E-state index contributed by atoms with van der Waals surface area (Å²) in [5.41, 5.74) is 2.35. The van der Waals surface area contributed by atoms with Gasteiger partial charge in [0.25, 0.3) is 5.56 Å². The fourth-order valence-corrected chi connectivity index (χ4v) is 2.97. The molecule has 22 heavy (non-hydrogen) atoms. The number of rotatable bonds is 3. The van der Waals surface area contributed by atoms with Crippen molar-refractivity contribution in [2.45, 2.75) is 39.7 Å². The first-order valence-electron chi connectivity index (χ1n) is 7.62. The summed E-state index contributed by atoms with van der Waals surface area (Å²) >= 11 is 0. The van der Waals surface area contributed by atoms with E-state index in [4.69, 9.17) is 0 Å². The summed E-state index contributed by atoms with van der Waals surface area (Å²) in [6, 6.07) is 9.05. The number of benzene rings is 1. The zero-order valence-electron chi connectivity index (χ0n) is 13.0. The molecule has 0 atom stereocenters. The second-order valence-corrected chi connectivity index (χ2v) is 6.73. The number of aromatic nitrogens is 2. The van der Waals surface area contributed by atoms with Crippen LogP contribution in [0.3, 0.4) is 0 Å². The van der Waals surface area contributed by atoms with Crippen LogP contribution in [0.25, 0.3) is 0 Å². The number of carbonyl (C=O) groups is 1. The molecule has 0 saturated heterocycles. The smallest absolute Gasteiger partial charge is 0.257 e. The van der Waals surface area contributed by atoms with E-state index in [1.807, 2.05) is 18.2 Å². The minimum Gasteiger partial charge on any atom is -0.292 e. The second kappa shape index (κ2) is 5.52. The third kappa shape index (κ3) is 2.86. The molecule has 0 N–H and O–H groups in total. The zero-order valence-corrected chi connectivity index (χ0v) is 13.0. The number of hydrogen-bond acceptors (Lipinski definition) is 3. The predicted octanol–water partition coefficient (Wildman–Crippen LogP) is 2.64. The van der Waals surface area contributed by atoms with Gasteiger partial charge in [0.15, 0.2) is 5.78 Å². The fraction of sp³-hybridized carbons (Fsp3) is 0.389. The Bertz CT molecular complexity index is 760. The van der Waals surface area contributed by atoms with Gasteiger partial charge in [-0.05, 0) is 24.7 Å². The summed E-state index contributed by atoms with van der Waals surface area (Å²) in [5, 5.41) is 0. The highest BCUT2D eigenvalue weighted by molar-refractivity contribution is 5.95. The van der Waals surface area contributed by atoms with Gasteiger partial charge in [0.2, 0.25) is 0 Å². The molecule has 4 heteroatoms. The van der Waals surface area contributed by atoms with E-state index in [0.717, 1.165) is 30.5 Å². The van der Waals surface area contributed by atoms with Gasteiger partial charge in [0.1, 0.15) is 0 Å². The number of fused-ring (bicyclic) bond motifs is 1. The van der Waals surface area contributed by atoms with Gasteiger partial charge in [-0.25, -0.2) is 4.98 Å². The van der Waals surface area contributed by atoms with Crippen LogP contribution in [0.15, 0.2) is 41.5 Å². The molecule has 0 unspecified atom stereocenters. The molecule has 4 nitrogen and oxygen atoms in total. The lowest BCUT2D eigenvalue weighted by atomic mass is 9.76. The van der Waals surface area contributed by atoms with Gasteiger partial charge in [-0.3, -0.25) is 14.2 Å². The van der Waals surface area contributed by atoms with Crippen molar-refractivity contribution in [3.63, 3.8) is 0 Å². The highest BCUT2D eigenvalue weighted by Crippen LogP contribution is 2.32. The summed E-state index contributed by atoms with van der Waals surface area (Å²) in [6.07, 6.45) is 4.12. The van der Waals surface area contributed by atoms with E-state index in [1.54, 1.807) is 12.1 Å². The summed E-state index contributed by atoms with van der Waals surface area (Å²) in [7, 11) is 0. The first kappa shape index (κ1) is 14.7. The molecule has 1 aromatic heterocycles. The van der Waals surface area contributed by atoms with Crippen LogP contribution in [0.2, 0.25) is 0 Å². The normalized spacial score (nSPS) is 16.1. The van der Waals surface area contributed by atoms with E-state index >= 15 is 0 Å². The minimum absolute atomic E-state index is 0.0452. The van der Waals surface area contributed by atoms with Gasteiger partial charge in [-0.2, -0.15) is 0 Å². The fourth-order valence-electron chi connectivity index (χ4n) is 2.97. The van der Waals surface area contributed by atoms with Crippen LogP contribution in [-0.4, -0.2) is 15.3 Å². The molecule has 0 fully saturated rings. The third-order valence-corrected chi connectivity index (χ3v) is 4.32. The highest BCUT2D eigenvalue weighted by atomic mass is 16.1. The molecular formula is C18H20N2O2. The number of carbonyl (C=O) groups excluding carboxylic acids is 1. The van der Waals surface area contributed by atoms with Crippen LogP contribution >= 0.6 is 0 Å². The number of nitrogens with zero attached hydrogens (tertiary/aromatic N) is 2. The van der Waals surface area contributed by atoms with Crippen molar-refractivity contribution < 1.29 is 4.79 Å². The van der Waals surface area contributed by atoms with E-state index in [0.29, 0.717) is 5.56 Å². The minimum atomic E-state index is -0.0699. The molecule has 3 rings (SSSR count). The molecular weight excluding hydrogens is 276 g/mol. The topological polar surface area (TPSA) is 52.0 Å². The average molecular weight is 296 g/mol. The quantitative estimate of drug-likeness (QED) is 0.818. The molecule has 1 aliphatic rings. The summed E-state index contributed by atoms with van der Waals surface area (Å²) in [6.45, 7) is 4.38. The maximum absolute atomic E-state index is 12.6. The van der Waals surface area contributed by atoms with Gasteiger partial charge < -0.3 is 0 Å². The van der Waals surface area contributed by atoms with Crippen LogP contribution in [0, 0.1) is 5.41 Å². The van der Waals surface area contributed by atoms with E-state index < -0.39 is 0 Å². The molecule has 1 aromatic carbocycles. The maximum Gasteiger partial charge on any atom is 0.257 e. The van der Waals surface area contributed by atoms with E-state index in [9.17, 15) is 9.59 Å². The van der Waals surface area contributed by atoms with Crippen LogP contribution in [-0.2, 0) is 19.4 Å². The van der Waals surface area contributed by atoms with E-state index in [2.05, 4.69) is 18.8 Å². The third-order valence-electron chi connectivity index (χ3n) is 4.32. The maximum atomic E-state index is 12.6. The van der Waals surface area contributed by atoms with Crippen molar-refractivity contribution in [2.75, 3.05) is 0 Å². The lowest BCUT2D eigenvalue weighted by Crippen LogP contribution is -2.34. The zero-order chi connectivity index (χ0) is 15.7. The summed E-state index contributed by atoms with van der Waals surface area (Å²) < 4.78 is 1.44. The van der Waals surface area contributed by atoms with Gasteiger partial charge >= 0.3 is 0 Å². The van der Waals surface area contributed by atoms with Crippen molar-refractivity contribution in [1.29, 1.82) is 0 Å². The van der Waals surface area contributed by atoms with Gasteiger partial charge in [0.05, 0.1) is 18.6 Å². The standard InChI is InChI=1S/C18H20N2O2/c1-18(2)9-8-15-14(10-18)17(22)20(12-19-15)11-16(21)13-6-4-3-5-7-13/h3-7,12H,8-11H2,1-2H3. The Hall–Kier alpha value is -2.23. The molecule has 0 spiro atoms. The van der Waals surface area contributed by atoms with Crippen molar-refractivity contribution >= 4 is 5.78 Å². The van der Waals surface area contributed by atoms with Crippen molar-refractivity contribution in [3.05, 3.63) is 63.8 Å². The van der Waals surface area contributed by atoms with Crippen molar-refractivity contribution in [1.82, 2.24) is 9.55 Å². The van der Waals surface area contributed by atoms with Crippen LogP contribution in [0.4, 0.5) is 0 Å². The molecule has 0 aliphatic heterocycles. The predicted molar refractivity (Wildman–Crippen MR) is 85.1 cm³/mol. The van der Waals surface area contributed by atoms with Gasteiger partial charge in [-0.15, -0.1) is 0 Å². The molecule has 1 aliphatic carbocycles. The largest absolute Gasteiger partial charge is 0.292 e. The molecule has 0 radical (unpaired) electrons. The average Bonchev–Trinajstić information content (AvgIpc) is 2.51. The number of aryl methyl sites for hydroxylation is 1. The Kier molecular flexibility index (Phi) is 3.69. The Morgan fingerprint density at radius 3 is 2.73 bits per heavy atom. The van der Waals surface area contributed by atoms with Gasteiger partial charge in [-0.1, -0.05) is 44.2 Å². The lowest BCUT2D eigenvalue weighted by molar-refractivity contribution is 0.0970. The molecule has 114 valence electrons. The van der Waals surface area contributed by atoms with Crippen molar-refractivity contribution in [2.24, 2.45) is 5.41 Å². The molecule has 0 amide bonds. The summed E-state index contributed by atoms with van der Waals surface area (Å²) in [4.78, 5) is 29.3. The molecule has 0 saturated carbocycles. The Balaban J connectivity index is 1.90. The Morgan fingerprint density at radius 1 is 1.27 bits per heavy atom. The SMILES string of the molecule is CC1(C)CCc2ncn(CC(=O)c3ccccc3)c(=O)c2C1. The lowest BCUT2D eigenvalue weighted by Gasteiger charge is -2.30. The monoisotopic (exact) mass is 296 g/mol. The molecule has 2 aromatic rings. The van der Waals surface area contributed by atoms with E-state index in [1.165, 1.54) is 10.9 Å². The van der Waals surface area contributed by atoms with E-state index in [-0.39, 0.29) is 23.3 Å². The first-order valence-corrected chi connectivity index (χ1v) is 7.62. The van der Waals surface area contributed by atoms with Crippen molar-refractivity contribution in [3.8, 4) is 0 Å². The van der Waals surface area contributed by atoms with Crippen LogP contribution in [0.5, 0.6) is 0 Å². The summed E-state index contributed by atoms with van der Waals surface area (Å²) in [5.74, 6) is -0.0699. The number of Topliss-reactive ketones (excluding diaryl/α,β-unsaturated/α-hetero) is 1. The Labute approximate surface area is 129 Å². The number of hydrogen-bond donors (Lipinski definition) is 0. The Morgan fingerprint density at radius 2 is 2.00 bits per heavy atom. The highest BCUT2D eigenvalue weighted by Gasteiger charge is 2.28. The molecule has 0 bridgehead atoms. The molecule has 1 heterocycles.